The van der Waals surface area contributed by atoms with Crippen LogP contribution in [0.1, 0.15) is 23.7 Å². The van der Waals surface area contributed by atoms with Crippen LogP contribution < -0.4 is 0 Å². The lowest BCUT2D eigenvalue weighted by atomic mass is 10.1. The number of ketones is 1. The molecule has 0 spiro atoms. The number of fused-ring (bicyclic) bond motifs is 1. The number of hydrogen-bond donors (Lipinski definition) is 0. The highest BCUT2D eigenvalue weighted by molar-refractivity contribution is 8.08. The van der Waals surface area contributed by atoms with E-state index in [4.69, 9.17) is 0 Å². The maximum Gasteiger partial charge on any atom is 0.162 e. The second kappa shape index (κ2) is 4.24. The Morgan fingerprint density at radius 1 is 1.21 bits per heavy atom. The molecule has 0 saturated heterocycles. The van der Waals surface area contributed by atoms with E-state index in [1.54, 1.807) is 23.5 Å². The van der Waals surface area contributed by atoms with Gasteiger partial charge in [-0.2, -0.15) is 0 Å². The van der Waals surface area contributed by atoms with Gasteiger partial charge < -0.3 is 0 Å². The first-order valence-electron chi connectivity index (χ1n) is 4.47. The molecule has 1 aliphatic rings. The van der Waals surface area contributed by atoms with Gasteiger partial charge in [0.1, 0.15) is 0 Å². The van der Waals surface area contributed by atoms with Gasteiger partial charge in [0.15, 0.2) is 5.78 Å². The Bertz CT molecular complexity index is 396. The average molecular weight is 222 g/mol. The Labute approximate surface area is 92.0 Å². The average Bonchev–Trinajstić information content (AvgIpc) is 2.27. The quantitative estimate of drug-likeness (QED) is 0.705. The number of carbonyl (C=O) groups is 1. The Morgan fingerprint density at radius 3 is 2.64 bits per heavy atom. The fourth-order valence-corrected chi connectivity index (χ4v) is 3.00. The number of hydrogen-bond acceptors (Lipinski definition) is 3. The fraction of sp³-hybridized carbons (Fsp3) is 0.182. The zero-order chi connectivity index (χ0) is 9.97. The number of carbonyl (C=O) groups excluding carboxylic acids is 1. The Hall–Kier alpha value is -0.670. The molecule has 0 unspecified atom stereocenters. The summed E-state index contributed by atoms with van der Waals surface area (Å²) in [6.45, 7) is 1.89. The zero-order valence-electron chi connectivity index (χ0n) is 7.82. The van der Waals surface area contributed by atoms with E-state index in [1.165, 1.54) is 9.79 Å². The van der Waals surface area contributed by atoms with Gasteiger partial charge in [0, 0.05) is 21.8 Å². The third kappa shape index (κ3) is 1.88. The summed E-state index contributed by atoms with van der Waals surface area (Å²) in [6.07, 6.45) is 0.576. The maximum absolute atomic E-state index is 11.5. The molecular formula is C11H10OS2. The van der Waals surface area contributed by atoms with Gasteiger partial charge in [-0.25, -0.2) is 0 Å². The summed E-state index contributed by atoms with van der Waals surface area (Å²) in [5.74, 6) is 0.216. The van der Waals surface area contributed by atoms with Crippen molar-refractivity contribution in [3.8, 4) is 0 Å². The molecule has 1 aromatic rings. The van der Waals surface area contributed by atoms with Crippen molar-refractivity contribution < 1.29 is 4.79 Å². The predicted molar refractivity (Wildman–Crippen MR) is 61.9 cm³/mol. The van der Waals surface area contributed by atoms with E-state index in [2.05, 4.69) is 5.41 Å². The first kappa shape index (κ1) is 9.87. The van der Waals surface area contributed by atoms with E-state index < -0.39 is 0 Å². The minimum atomic E-state index is 0.216. The highest BCUT2D eigenvalue weighted by Crippen LogP contribution is 2.37. The molecule has 1 heterocycles. The molecule has 0 atom stereocenters. The van der Waals surface area contributed by atoms with E-state index in [1.807, 2.05) is 30.5 Å². The van der Waals surface area contributed by atoms with Gasteiger partial charge in [-0.1, -0.05) is 36.5 Å². The topological polar surface area (TPSA) is 17.1 Å². The zero-order valence-corrected chi connectivity index (χ0v) is 9.45. The minimum absolute atomic E-state index is 0.216. The molecule has 0 radical (unpaired) electrons. The van der Waals surface area contributed by atoms with Gasteiger partial charge in [0.2, 0.25) is 0 Å². The Kier molecular flexibility index (Phi) is 2.99. The molecule has 14 heavy (non-hydrogen) atoms. The monoisotopic (exact) mass is 222 g/mol. The molecule has 1 aromatic carbocycles. The first-order valence-corrected chi connectivity index (χ1v) is 6.23. The molecule has 0 aromatic heterocycles. The number of thioether (sulfide) groups is 2. The third-order valence-electron chi connectivity index (χ3n) is 2.03. The van der Waals surface area contributed by atoms with E-state index in [9.17, 15) is 4.79 Å². The van der Waals surface area contributed by atoms with Crippen molar-refractivity contribution in [2.24, 2.45) is 0 Å². The van der Waals surface area contributed by atoms with Gasteiger partial charge in [-0.3, -0.25) is 4.79 Å². The summed E-state index contributed by atoms with van der Waals surface area (Å²) in [6, 6.07) is 5.93. The summed E-state index contributed by atoms with van der Waals surface area (Å²) in [4.78, 5) is 13.9. The normalized spacial score (nSPS) is 13.8. The van der Waals surface area contributed by atoms with Gasteiger partial charge in [0.25, 0.3) is 0 Å². The molecular weight excluding hydrogens is 212 g/mol. The molecule has 0 N–H and O–H groups in total. The number of rotatable bonds is 2. The van der Waals surface area contributed by atoms with Crippen molar-refractivity contribution in [2.75, 3.05) is 0 Å². The second-order valence-corrected chi connectivity index (χ2v) is 4.84. The summed E-state index contributed by atoms with van der Waals surface area (Å²) in [5, 5.41) is 4.11. The van der Waals surface area contributed by atoms with Gasteiger partial charge in [0.05, 0.1) is 0 Å². The molecule has 0 bridgehead atoms. The molecule has 0 saturated carbocycles. The highest BCUT2D eigenvalue weighted by Gasteiger charge is 2.09. The lowest BCUT2D eigenvalue weighted by Crippen LogP contribution is -1.96. The molecule has 2 rings (SSSR count). The first-order chi connectivity index (χ1) is 6.81. The van der Waals surface area contributed by atoms with Crippen molar-refractivity contribution in [3.05, 3.63) is 34.6 Å². The molecule has 1 nitrogen and oxygen atoms in total. The van der Waals surface area contributed by atoms with Crippen LogP contribution in [0.25, 0.3) is 0 Å². The molecule has 1 aliphatic heterocycles. The van der Waals surface area contributed by atoms with Crippen LogP contribution in [0, 0.1) is 0 Å². The van der Waals surface area contributed by atoms with Crippen LogP contribution in [0.3, 0.4) is 0 Å². The van der Waals surface area contributed by atoms with Gasteiger partial charge >= 0.3 is 0 Å². The Balaban J connectivity index is 2.36. The fourth-order valence-electron chi connectivity index (χ4n) is 1.28. The van der Waals surface area contributed by atoms with Crippen LogP contribution in [-0.4, -0.2) is 5.78 Å². The predicted octanol–water partition coefficient (Wildman–Crippen LogP) is 3.95. The minimum Gasteiger partial charge on any atom is -0.294 e. The van der Waals surface area contributed by atoms with E-state index in [0.29, 0.717) is 6.42 Å². The van der Waals surface area contributed by atoms with Crippen molar-refractivity contribution in [2.45, 2.75) is 23.1 Å². The smallest absolute Gasteiger partial charge is 0.162 e. The van der Waals surface area contributed by atoms with Crippen LogP contribution >= 0.6 is 23.5 Å². The van der Waals surface area contributed by atoms with E-state index in [0.717, 1.165) is 5.56 Å². The van der Waals surface area contributed by atoms with E-state index >= 15 is 0 Å². The van der Waals surface area contributed by atoms with Crippen molar-refractivity contribution in [1.82, 2.24) is 0 Å². The number of Topliss-reactive ketones (excluding diaryl/α,β-unsaturated/α-hetero) is 1. The summed E-state index contributed by atoms with van der Waals surface area (Å²) >= 11 is 3.38. The Morgan fingerprint density at radius 2 is 1.93 bits per heavy atom. The SMILES string of the molecule is CCC(=O)c1ccc2c(c1)SC=CS2. The van der Waals surface area contributed by atoms with Crippen LogP contribution in [0.4, 0.5) is 0 Å². The van der Waals surface area contributed by atoms with Crippen LogP contribution in [0.5, 0.6) is 0 Å². The van der Waals surface area contributed by atoms with Gasteiger partial charge in [-0.15, -0.1) is 0 Å². The van der Waals surface area contributed by atoms with Crippen molar-refractivity contribution >= 4 is 29.3 Å². The molecule has 0 fully saturated rings. The second-order valence-electron chi connectivity index (χ2n) is 2.95. The van der Waals surface area contributed by atoms with Gasteiger partial charge in [-0.05, 0) is 22.9 Å². The molecule has 0 aliphatic carbocycles. The number of benzene rings is 1. The van der Waals surface area contributed by atoms with E-state index in [-0.39, 0.29) is 5.78 Å². The summed E-state index contributed by atoms with van der Waals surface area (Å²) in [5.41, 5.74) is 0.828. The van der Waals surface area contributed by atoms with Crippen molar-refractivity contribution in [3.63, 3.8) is 0 Å². The largest absolute Gasteiger partial charge is 0.294 e. The molecule has 0 amide bonds. The standard InChI is InChI=1S/C11H10OS2/c1-2-9(12)8-3-4-10-11(7-8)14-6-5-13-10/h3-7H,2H2,1H3. The summed E-state index contributed by atoms with van der Waals surface area (Å²) < 4.78 is 0. The summed E-state index contributed by atoms with van der Waals surface area (Å²) in [7, 11) is 0. The lowest BCUT2D eigenvalue weighted by Gasteiger charge is -2.10. The third-order valence-corrected chi connectivity index (χ3v) is 4.08. The van der Waals surface area contributed by atoms with Crippen LogP contribution in [0.2, 0.25) is 0 Å². The van der Waals surface area contributed by atoms with Crippen LogP contribution in [0.15, 0.2) is 38.8 Å². The van der Waals surface area contributed by atoms with Crippen LogP contribution in [-0.2, 0) is 0 Å². The molecule has 3 heteroatoms. The molecule has 72 valence electrons. The maximum atomic E-state index is 11.5. The highest BCUT2D eigenvalue weighted by atomic mass is 32.2. The van der Waals surface area contributed by atoms with Crippen molar-refractivity contribution in [1.29, 1.82) is 0 Å². The lowest BCUT2D eigenvalue weighted by molar-refractivity contribution is 0.0988.